The fraction of sp³-hybridized carbons (Fsp3) is 0.286. The molecule has 0 saturated carbocycles. The van der Waals surface area contributed by atoms with E-state index < -0.39 is 28.4 Å². The van der Waals surface area contributed by atoms with E-state index in [1.807, 2.05) is 0 Å². The number of carbonyl (C=O) groups excluding carboxylic acids is 3. The highest BCUT2D eigenvalue weighted by Gasteiger charge is 2.28. The molecule has 32 heavy (non-hydrogen) atoms. The molecule has 0 bridgehead atoms. The molecule has 0 spiro atoms. The van der Waals surface area contributed by atoms with Gasteiger partial charge in [0.15, 0.2) is 6.61 Å². The first-order valence-electron chi connectivity index (χ1n) is 9.63. The minimum absolute atomic E-state index is 0.106. The van der Waals surface area contributed by atoms with Crippen LogP contribution in [-0.2, 0) is 14.3 Å². The van der Waals surface area contributed by atoms with Crippen molar-refractivity contribution in [3.8, 4) is 5.75 Å². The second-order valence-corrected chi connectivity index (χ2v) is 7.93. The number of hydrogen-bond donors (Lipinski definition) is 2. The number of benzene rings is 2. The van der Waals surface area contributed by atoms with Crippen LogP contribution in [-0.4, -0.2) is 41.6 Å². The normalized spacial score (nSPS) is 13.0. The minimum Gasteiger partial charge on any atom is -0.482 e. The molecule has 11 heteroatoms. The van der Waals surface area contributed by atoms with Gasteiger partial charge in [-0.3, -0.25) is 29.9 Å². The zero-order chi connectivity index (χ0) is 23.5. The van der Waals surface area contributed by atoms with Gasteiger partial charge in [0.1, 0.15) is 17.9 Å². The van der Waals surface area contributed by atoms with E-state index in [0.717, 1.165) is 0 Å². The maximum Gasteiger partial charge on any atom is 0.412 e. The number of amides is 3. The topological polar surface area (TPSA) is 140 Å². The summed E-state index contributed by atoms with van der Waals surface area (Å²) < 4.78 is 10.6. The molecular weight excluding hydrogens is 420 g/mol. The summed E-state index contributed by atoms with van der Waals surface area (Å²) in [6.07, 6.45) is -0.664. The summed E-state index contributed by atoms with van der Waals surface area (Å²) in [5.74, 6) is -0.571. The fourth-order valence-electron chi connectivity index (χ4n) is 2.89. The molecule has 0 saturated heterocycles. The molecule has 1 aliphatic rings. The largest absolute Gasteiger partial charge is 0.482 e. The predicted octanol–water partition coefficient (Wildman–Crippen LogP) is 3.31. The average Bonchev–Trinajstić information content (AvgIpc) is 2.69. The van der Waals surface area contributed by atoms with Gasteiger partial charge in [0, 0.05) is 23.5 Å². The Morgan fingerprint density at radius 1 is 1.12 bits per heavy atom. The maximum atomic E-state index is 12.5. The maximum absolute atomic E-state index is 12.5. The highest BCUT2D eigenvalue weighted by atomic mass is 16.6. The van der Waals surface area contributed by atoms with Crippen LogP contribution in [0.15, 0.2) is 42.5 Å². The molecule has 3 amide bonds. The molecule has 1 aliphatic heterocycles. The van der Waals surface area contributed by atoms with Gasteiger partial charge >= 0.3 is 6.09 Å². The molecule has 0 radical (unpaired) electrons. The number of nitrogens with zero attached hydrogens (tertiary/aromatic N) is 2. The number of non-ortho nitro benzene ring substituents is 1. The van der Waals surface area contributed by atoms with E-state index in [-0.39, 0.29) is 18.8 Å². The summed E-state index contributed by atoms with van der Waals surface area (Å²) in [6, 6.07) is 10.00. The van der Waals surface area contributed by atoms with Crippen molar-refractivity contribution >= 4 is 40.7 Å². The lowest BCUT2D eigenvalue weighted by Gasteiger charge is -2.29. The number of hydrogen-bond acceptors (Lipinski definition) is 7. The van der Waals surface area contributed by atoms with Crippen molar-refractivity contribution in [1.82, 2.24) is 0 Å². The number of carbonyl (C=O) groups is 3. The zero-order valence-corrected chi connectivity index (χ0v) is 17.7. The number of nitro groups is 1. The Balaban J connectivity index is 1.73. The van der Waals surface area contributed by atoms with Gasteiger partial charge in [-0.2, -0.15) is 0 Å². The Morgan fingerprint density at radius 2 is 1.78 bits per heavy atom. The lowest BCUT2D eigenvalue weighted by molar-refractivity contribution is -0.384. The molecule has 0 aliphatic carbocycles. The van der Waals surface area contributed by atoms with Crippen molar-refractivity contribution in [2.24, 2.45) is 0 Å². The van der Waals surface area contributed by atoms with Crippen LogP contribution in [0.3, 0.4) is 0 Å². The summed E-state index contributed by atoms with van der Waals surface area (Å²) in [5, 5.41) is 15.9. The SMILES string of the molecule is CC(C)(C)OC(=O)Nc1ccc2c(c1)N(CC(=O)Nc1ccc([N+](=O)[O-])cc1)C(=O)CO2. The van der Waals surface area contributed by atoms with Crippen LogP contribution in [0.25, 0.3) is 0 Å². The predicted molar refractivity (Wildman–Crippen MR) is 116 cm³/mol. The van der Waals surface area contributed by atoms with Crippen molar-refractivity contribution in [3.63, 3.8) is 0 Å². The number of nitrogens with one attached hydrogen (secondary N) is 2. The number of nitro benzene ring substituents is 1. The summed E-state index contributed by atoms with van der Waals surface area (Å²) in [4.78, 5) is 48.4. The van der Waals surface area contributed by atoms with Gasteiger partial charge in [-0.05, 0) is 51.1 Å². The summed E-state index contributed by atoms with van der Waals surface area (Å²) >= 11 is 0. The third-order valence-electron chi connectivity index (χ3n) is 4.21. The average molecular weight is 442 g/mol. The third-order valence-corrected chi connectivity index (χ3v) is 4.21. The first kappa shape index (κ1) is 22.5. The highest BCUT2D eigenvalue weighted by molar-refractivity contribution is 6.05. The van der Waals surface area contributed by atoms with E-state index >= 15 is 0 Å². The van der Waals surface area contributed by atoms with Crippen LogP contribution in [0.2, 0.25) is 0 Å². The summed E-state index contributed by atoms with van der Waals surface area (Å²) in [5.41, 5.74) is 0.234. The van der Waals surface area contributed by atoms with Crippen molar-refractivity contribution in [3.05, 3.63) is 52.6 Å². The first-order chi connectivity index (χ1) is 15.0. The highest BCUT2D eigenvalue weighted by Crippen LogP contribution is 2.34. The van der Waals surface area contributed by atoms with Crippen molar-refractivity contribution < 1.29 is 28.8 Å². The Bertz CT molecular complexity index is 1060. The molecule has 0 aromatic heterocycles. The van der Waals surface area contributed by atoms with Gasteiger partial charge in [-0.1, -0.05) is 0 Å². The number of ether oxygens (including phenoxy) is 2. The standard InChI is InChI=1S/C21H22N4O7/c1-21(2,3)32-20(28)23-14-6-9-17-16(10-14)24(19(27)12-31-17)11-18(26)22-13-4-7-15(8-5-13)25(29)30/h4-10H,11-12H2,1-3H3,(H,22,26)(H,23,28). The van der Waals surface area contributed by atoms with Crippen LogP contribution in [0, 0.1) is 10.1 Å². The van der Waals surface area contributed by atoms with Crippen molar-refractivity contribution in [1.29, 1.82) is 0 Å². The second kappa shape index (κ2) is 8.92. The summed E-state index contributed by atoms with van der Waals surface area (Å²) in [6.45, 7) is 4.64. The van der Waals surface area contributed by atoms with E-state index in [4.69, 9.17) is 9.47 Å². The monoisotopic (exact) mass is 442 g/mol. The van der Waals surface area contributed by atoms with E-state index in [1.54, 1.807) is 32.9 Å². The number of fused-ring (bicyclic) bond motifs is 1. The van der Waals surface area contributed by atoms with Crippen LogP contribution in [0.4, 0.5) is 27.5 Å². The fourth-order valence-corrected chi connectivity index (χ4v) is 2.89. The Kier molecular flexibility index (Phi) is 6.28. The summed E-state index contributed by atoms with van der Waals surface area (Å²) in [7, 11) is 0. The second-order valence-electron chi connectivity index (χ2n) is 7.93. The Labute approximate surface area is 183 Å². The molecule has 2 aromatic carbocycles. The number of anilines is 3. The molecule has 11 nitrogen and oxygen atoms in total. The van der Waals surface area contributed by atoms with Gasteiger partial charge in [0.25, 0.3) is 11.6 Å². The van der Waals surface area contributed by atoms with Gasteiger partial charge in [-0.25, -0.2) is 4.79 Å². The van der Waals surface area contributed by atoms with Crippen molar-refractivity contribution in [2.75, 3.05) is 28.7 Å². The molecule has 2 N–H and O–H groups in total. The first-order valence-corrected chi connectivity index (χ1v) is 9.63. The Hall–Kier alpha value is -4.15. The zero-order valence-electron chi connectivity index (χ0n) is 17.7. The van der Waals surface area contributed by atoms with E-state index in [9.17, 15) is 24.5 Å². The van der Waals surface area contributed by atoms with Crippen LogP contribution >= 0.6 is 0 Å². The van der Waals surface area contributed by atoms with Crippen LogP contribution < -0.4 is 20.3 Å². The van der Waals surface area contributed by atoms with E-state index in [2.05, 4.69) is 10.6 Å². The molecule has 2 aromatic rings. The minimum atomic E-state index is -0.681. The lowest BCUT2D eigenvalue weighted by atomic mass is 10.2. The quantitative estimate of drug-likeness (QED) is 0.535. The van der Waals surface area contributed by atoms with Gasteiger partial charge in [-0.15, -0.1) is 0 Å². The van der Waals surface area contributed by atoms with E-state index in [1.165, 1.54) is 35.2 Å². The molecule has 168 valence electrons. The van der Waals surface area contributed by atoms with E-state index in [0.29, 0.717) is 22.8 Å². The lowest BCUT2D eigenvalue weighted by Crippen LogP contribution is -2.43. The Morgan fingerprint density at radius 3 is 2.41 bits per heavy atom. The molecular formula is C21H22N4O7. The van der Waals surface area contributed by atoms with Crippen LogP contribution in [0.1, 0.15) is 20.8 Å². The molecule has 0 atom stereocenters. The number of rotatable bonds is 5. The third kappa shape index (κ3) is 5.72. The van der Waals surface area contributed by atoms with Gasteiger partial charge in [0.05, 0.1) is 10.6 Å². The van der Waals surface area contributed by atoms with Crippen LogP contribution in [0.5, 0.6) is 5.75 Å². The van der Waals surface area contributed by atoms with Gasteiger partial charge < -0.3 is 14.8 Å². The molecule has 0 fully saturated rings. The molecule has 1 heterocycles. The van der Waals surface area contributed by atoms with Gasteiger partial charge in [0.2, 0.25) is 5.91 Å². The smallest absolute Gasteiger partial charge is 0.412 e. The van der Waals surface area contributed by atoms with Crippen molar-refractivity contribution in [2.45, 2.75) is 26.4 Å². The molecule has 0 unspecified atom stereocenters. The molecule has 3 rings (SSSR count).